The van der Waals surface area contributed by atoms with Gasteiger partial charge < -0.3 is 10.3 Å². The van der Waals surface area contributed by atoms with Crippen LogP contribution in [0.1, 0.15) is 37.1 Å². The second kappa shape index (κ2) is 7.02. The van der Waals surface area contributed by atoms with Gasteiger partial charge in [-0.1, -0.05) is 18.2 Å². The van der Waals surface area contributed by atoms with E-state index in [0.717, 1.165) is 36.1 Å². The lowest BCUT2D eigenvalue weighted by Crippen LogP contribution is -2.40. The molecule has 0 bridgehead atoms. The molecule has 1 saturated heterocycles. The highest BCUT2D eigenvalue weighted by Gasteiger charge is 2.39. The molecule has 2 N–H and O–H groups in total. The molecule has 144 valence electrons. The molecule has 5 rings (SSSR count). The van der Waals surface area contributed by atoms with E-state index in [1.807, 2.05) is 24.3 Å². The number of nitrogens with zero attached hydrogens (tertiary/aromatic N) is 2. The van der Waals surface area contributed by atoms with Gasteiger partial charge in [0.15, 0.2) is 0 Å². The van der Waals surface area contributed by atoms with Crippen LogP contribution in [0.4, 0.5) is 10.1 Å². The molecule has 3 aromatic rings. The Morgan fingerprint density at radius 3 is 2.89 bits per heavy atom. The smallest absolute Gasteiger partial charge is 0.241 e. The van der Waals surface area contributed by atoms with Crippen molar-refractivity contribution in [3.05, 3.63) is 59.7 Å². The number of nitrogens with one attached hydrogen (secondary N) is 2. The number of carbonyl (C=O) groups excluding carboxylic acids is 1. The fourth-order valence-electron chi connectivity index (χ4n) is 4.19. The minimum absolute atomic E-state index is 0.0124. The summed E-state index contributed by atoms with van der Waals surface area (Å²) in [6.07, 6.45) is 4.86. The second-order valence-electron chi connectivity index (χ2n) is 7.80. The summed E-state index contributed by atoms with van der Waals surface area (Å²) in [5, 5.41) is 3.07. The monoisotopic (exact) mass is 378 g/mol. The van der Waals surface area contributed by atoms with Gasteiger partial charge in [0, 0.05) is 18.2 Å². The number of hydrogen-bond acceptors (Lipinski definition) is 3. The summed E-state index contributed by atoms with van der Waals surface area (Å²) in [5.41, 5.74) is 3.03. The quantitative estimate of drug-likeness (QED) is 0.709. The second-order valence-corrected chi connectivity index (χ2v) is 7.80. The lowest BCUT2D eigenvalue weighted by Gasteiger charge is -2.23. The zero-order chi connectivity index (χ0) is 19.1. The number of hydrogen-bond donors (Lipinski definition) is 2. The van der Waals surface area contributed by atoms with Crippen molar-refractivity contribution in [2.75, 3.05) is 11.9 Å². The van der Waals surface area contributed by atoms with Crippen LogP contribution in [0.3, 0.4) is 0 Å². The molecule has 1 amide bonds. The molecule has 1 aromatic heterocycles. The number of imidazole rings is 1. The average Bonchev–Trinajstić information content (AvgIpc) is 3.26. The van der Waals surface area contributed by atoms with Crippen LogP contribution in [0.2, 0.25) is 0 Å². The molecule has 2 aliphatic rings. The van der Waals surface area contributed by atoms with Gasteiger partial charge in [0.1, 0.15) is 11.6 Å². The van der Waals surface area contributed by atoms with E-state index in [1.54, 1.807) is 12.1 Å². The molecule has 28 heavy (non-hydrogen) atoms. The van der Waals surface area contributed by atoms with Gasteiger partial charge >= 0.3 is 0 Å². The van der Waals surface area contributed by atoms with Crippen molar-refractivity contribution in [3.8, 4) is 0 Å². The Balaban J connectivity index is 1.32. The zero-order valence-corrected chi connectivity index (χ0v) is 15.6. The minimum Gasteiger partial charge on any atom is -0.342 e. The molecule has 5 nitrogen and oxygen atoms in total. The molecule has 2 heterocycles. The van der Waals surface area contributed by atoms with Gasteiger partial charge in [-0.15, -0.1) is 0 Å². The van der Waals surface area contributed by atoms with E-state index in [-0.39, 0.29) is 17.8 Å². The first-order valence-corrected chi connectivity index (χ1v) is 9.96. The number of rotatable bonds is 5. The summed E-state index contributed by atoms with van der Waals surface area (Å²) < 4.78 is 13.9. The normalized spacial score (nSPS) is 20.0. The van der Waals surface area contributed by atoms with Crippen molar-refractivity contribution in [2.24, 2.45) is 0 Å². The van der Waals surface area contributed by atoms with Gasteiger partial charge in [0.25, 0.3) is 0 Å². The van der Waals surface area contributed by atoms with Crippen LogP contribution < -0.4 is 5.32 Å². The minimum atomic E-state index is -0.229. The molecular formula is C22H23FN4O. The molecule has 0 spiro atoms. The highest BCUT2D eigenvalue weighted by atomic mass is 19.1. The predicted molar refractivity (Wildman–Crippen MR) is 107 cm³/mol. The molecule has 2 aromatic carbocycles. The van der Waals surface area contributed by atoms with Crippen LogP contribution in [-0.2, 0) is 11.2 Å². The Morgan fingerprint density at radius 1 is 1.21 bits per heavy atom. The van der Waals surface area contributed by atoms with E-state index in [1.165, 1.54) is 18.9 Å². The number of aromatic nitrogens is 2. The van der Waals surface area contributed by atoms with Gasteiger partial charge in [-0.05, 0) is 62.1 Å². The van der Waals surface area contributed by atoms with Crippen LogP contribution in [0.5, 0.6) is 0 Å². The van der Waals surface area contributed by atoms with Gasteiger partial charge in [-0.25, -0.2) is 9.37 Å². The Kier molecular flexibility index (Phi) is 4.36. The van der Waals surface area contributed by atoms with E-state index >= 15 is 0 Å². The molecule has 1 saturated carbocycles. The summed E-state index contributed by atoms with van der Waals surface area (Å²) in [5.74, 6) is 0.557. The standard InChI is InChI=1S/C22H23FN4O/c23-17-5-2-1-4-14(17)12-21-25-18-10-7-15(13-19(18)26-21)24-22(28)20-6-3-11-27(20)16-8-9-16/h1-2,4-5,7,10,13,16,20H,3,6,8-9,11-12H2,(H,24,28)(H,25,26). The zero-order valence-electron chi connectivity index (χ0n) is 15.6. The fraction of sp³-hybridized carbons (Fsp3) is 0.364. The van der Waals surface area contributed by atoms with Crippen molar-refractivity contribution >= 4 is 22.6 Å². The molecular weight excluding hydrogens is 355 g/mol. The molecule has 1 aliphatic heterocycles. The number of benzene rings is 2. The molecule has 1 atom stereocenters. The highest BCUT2D eigenvalue weighted by molar-refractivity contribution is 5.96. The van der Waals surface area contributed by atoms with Crippen LogP contribution in [0, 0.1) is 5.82 Å². The summed E-state index contributed by atoms with van der Waals surface area (Å²) in [6, 6.07) is 13.0. The number of aromatic amines is 1. The fourth-order valence-corrected chi connectivity index (χ4v) is 4.19. The third-order valence-corrected chi connectivity index (χ3v) is 5.73. The predicted octanol–water partition coefficient (Wildman–Crippen LogP) is 3.86. The van der Waals surface area contributed by atoms with Gasteiger partial charge in [0.05, 0.1) is 17.1 Å². The Hall–Kier alpha value is -2.73. The summed E-state index contributed by atoms with van der Waals surface area (Å²) in [7, 11) is 0. The van der Waals surface area contributed by atoms with Crippen LogP contribution >= 0.6 is 0 Å². The van der Waals surface area contributed by atoms with Crippen LogP contribution in [0.15, 0.2) is 42.5 Å². The van der Waals surface area contributed by atoms with Gasteiger partial charge in [-0.3, -0.25) is 9.69 Å². The topological polar surface area (TPSA) is 61.0 Å². The van der Waals surface area contributed by atoms with Crippen molar-refractivity contribution in [1.29, 1.82) is 0 Å². The van der Waals surface area contributed by atoms with Gasteiger partial charge in [0.2, 0.25) is 5.91 Å². The number of likely N-dealkylation sites (tertiary alicyclic amines) is 1. The van der Waals surface area contributed by atoms with Crippen LogP contribution in [0.25, 0.3) is 11.0 Å². The van der Waals surface area contributed by atoms with E-state index < -0.39 is 0 Å². The first-order valence-electron chi connectivity index (χ1n) is 9.96. The third kappa shape index (κ3) is 3.40. The summed E-state index contributed by atoms with van der Waals surface area (Å²) >= 11 is 0. The molecule has 0 radical (unpaired) electrons. The van der Waals surface area contributed by atoms with E-state index in [4.69, 9.17) is 0 Å². The maximum Gasteiger partial charge on any atom is 0.241 e. The molecule has 1 unspecified atom stereocenters. The maximum atomic E-state index is 13.9. The third-order valence-electron chi connectivity index (χ3n) is 5.73. The number of halogens is 1. The maximum absolute atomic E-state index is 13.9. The number of carbonyl (C=O) groups is 1. The first-order chi connectivity index (χ1) is 13.7. The average molecular weight is 378 g/mol. The van der Waals surface area contributed by atoms with E-state index in [9.17, 15) is 9.18 Å². The Labute approximate surface area is 163 Å². The summed E-state index contributed by atoms with van der Waals surface area (Å²) in [6.45, 7) is 1.03. The Bertz CT molecular complexity index is 1030. The summed E-state index contributed by atoms with van der Waals surface area (Å²) in [4.78, 5) is 22.9. The molecule has 2 fully saturated rings. The largest absolute Gasteiger partial charge is 0.342 e. The van der Waals surface area contributed by atoms with Gasteiger partial charge in [-0.2, -0.15) is 0 Å². The lowest BCUT2D eigenvalue weighted by atomic mass is 10.1. The number of anilines is 1. The first kappa shape index (κ1) is 17.4. The van der Waals surface area contributed by atoms with Crippen molar-refractivity contribution in [3.63, 3.8) is 0 Å². The van der Waals surface area contributed by atoms with Crippen molar-refractivity contribution in [1.82, 2.24) is 14.9 Å². The van der Waals surface area contributed by atoms with Crippen molar-refractivity contribution in [2.45, 2.75) is 44.2 Å². The lowest BCUT2D eigenvalue weighted by molar-refractivity contribution is -0.120. The number of amides is 1. The SMILES string of the molecule is O=C(Nc1ccc2nc(Cc3ccccc3F)[nH]c2c1)C1CCCN1C1CC1. The van der Waals surface area contributed by atoms with E-state index in [2.05, 4.69) is 20.2 Å². The van der Waals surface area contributed by atoms with E-state index in [0.29, 0.717) is 23.9 Å². The molecule has 6 heteroatoms. The van der Waals surface area contributed by atoms with Crippen LogP contribution in [-0.4, -0.2) is 39.4 Å². The van der Waals surface area contributed by atoms with Crippen molar-refractivity contribution < 1.29 is 9.18 Å². The molecule has 1 aliphatic carbocycles. The Morgan fingerprint density at radius 2 is 2.07 bits per heavy atom. The number of H-pyrrole nitrogens is 1. The highest BCUT2D eigenvalue weighted by Crippen LogP contribution is 2.33. The number of fused-ring (bicyclic) bond motifs is 1.